The molecule has 11 heteroatoms. The molecule has 0 bridgehead atoms. The molecule has 0 spiro atoms. The van der Waals surface area contributed by atoms with Crippen LogP contribution in [0.3, 0.4) is 0 Å². The maximum Gasteiger partial charge on any atom is 0.272 e. The van der Waals surface area contributed by atoms with Gasteiger partial charge in [-0.15, -0.1) is 0 Å². The van der Waals surface area contributed by atoms with Crippen LogP contribution >= 0.6 is 0 Å². The molecule has 2 aromatic heterocycles. The van der Waals surface area contributed by atoms with E-state index in [0.717, 1.165) is 29.6 Å². The Balaban J connectivity index is 1.72. The van der Waals surface area contributed by atoms with Gasteiger partial charge in [0.05, 0.1) is 16.7 Å². The minimum absolute atomic E-state index is 0.270. The molecule has 0 aliphatic carbocycles. The highest BCUT2D eigenvalue weighted by molar-refractivity contribution is 5.91. The van der Waals surface area contributed by atoms with E-state index in [-0.39, 0.29) is 5.75 Å². The molecule has 0 atom stereocenters. The first-order valence-electron chi connectivity index (χ1n) is 8.49. The highest BCUT2D eigenvalue weighted by Crippen LogP contribution is 2.22. The number of nitro benzene ring substituents is 1. The average molecular weight is 400 g/mol. The molecule has 2 heterocycles. The molecular weight excluding hydrogens is 383 g/mol. The fraction of sp³-hybridized carbons (Fsp3) is 0.222. The Kier molecular flexibility index (Phi) is 5.48. The molecule has 150 valence electrons. The topological polar surface area (TPSA) is 125 Å². The summed E-state index contributed by atoms with van der Waals surface area (Å²) in [6.45, 7) is 4.88. The van der Waals surface area contributed by atoms with Crippen molar-refractivity contribution >= 4 is 17.4 Å². The van der Waals surface area contributed by atoms with E-state index in [1.54, 1.807) is 13.0 Å². The fourth-order valence-corrected chi connectivity index (χ4v) is 2.59. The number of aryl methyl sites for hydroxylation is 3. The van der Waals surface area contributed by atoms with E-state index >= 15 is 0 Å². The molecule has 10 nitrogen and oxygen atoms in total. The van der Waals surface area contributed by atoms with Crippen molar-refractivity contribution in [2.75, 3.05) is 11.9 Å². The molecule has 0 radical (unpaired) electrons. The maximum atomic E-state index is 13.9. The van der Waals surface area contributed by atoms with Gasteiger partial charge in [0.2, 0.25) is 0 Å². The highest BCUT2D eigenvalue weighted by Gasteiger charge is 2.16. The SMILES string of the molecule is Cc1cc(C)nc(-n2nc(C)cc2NC(=O)COc2ccc([N+](=O)[O-])cc2F)n1. The van der Waals surface area contributed by atoms with Crippen molar-refractivity contribution < 1.29 is 18.8 Å². The van der Waals surface area contributed by atoms with Crippen molar-refractivity contribution in [3.05, 3.63) is 63.3 Å². The number of ether oxygens (including phenoxy) is 1. The van der Waals surface area contributed by atoms with Crippen LogP contribution in [0.4, 0.5) is 15.9 Å². The standard InChI is InChI=1S/C18H17FN6O4/c1-10-6-11(2)21-18(20-10)24-16(7-12(3)23-24)22-17(26)9-29-15-5-4-13(25(27)28)8-14(15)19/h4-8H,9H2,1-3H3,(H,22,26). The van der Waals surface area contributed by atoms with Crippen molar-refractivity contribution in [2.45, 2.75) is 20.8 Å². The molecule has 1 amide bonds. The smallest absolute Gasteiger partial charge is 0.272 e. The van der Waals surface area contributed by atoms with E-state index in [2.05, 4.69) is 20.4 Å². The Bertz CT molecular complexity index is 1080. The summed E-state index contributed by atoms with van der Waals surface area (Å²) in [6.07, 6.45) is 0. The number of nitrogens with one attached hydrogen (secondary N) is 1. The number of hydrogen-bond donors (Lipinski definition) is 1. The summed E-state index contributed by atoms with van der Waals surface area (Å²) in [5.41, 5.74) is 1.71. The molecule has 0 aliphatic heterocycles. The van der Waals surface area contributed by atoms with Gasteiger partial charge in [0.15, 0.2) is 18.2 Å². The number of non-ortho nitro benzene ring substituents is 1. The van der Waals surface area contributed by atoms with Crippen LogP contribution in [-0.2, 0) is 4.79 Å². The van der Waals surface area contributed by atoms with Crippen molar-refractivity contribution in [1.82, 2.24) is 19.7 Å². The van der Waals surface area contributed by atoms with Crippen molar-refractivity contribution in [1.29, 1.82) is 0 Å². The van der Waals surface area contributed by atoms with E-state index < -0.39 is 28.9 Å². The molecule has 0 unspecified atom stereocenters. The summed E-state index contributed by atoms with van der Waals surface area (Å²) >= 11 is 0. The first-order valence-corrected chi connectivity index (χ1v) is 8.49. The van der Waals surface area contributed by atoms with E-state index in [0.29, 0.717) is 17.5 Å². The summed E-state index contributed by atoms with van der Waals surface area (Å²) in [5.74, 6) is -1.16. The predicted octanol–water partition coefficient (Wildman–Crippen LogP) is 2.65. The fourth-order valence-electron chi connectivity index (χ4n) is 2.59. The molecule has 1 aromatic carbocycles. The van der Waals surface area contributed by atoms with Crippen LogP contribution in [0.5, 0.6) is 5.75 Å². The Hall–Kier alpha value is -3.89. The lowest BCUT2D eigenvalue weighted by Crippen LogP contribution is -2.22. The number of carbonyl (C=O) groups is 1. The zero-order chi connectivity index (χ0) is 21.1. The lowest BCUT2D eigenvalue weighted by molar-refractivity contribution is -0.385. The van der Waals surface area contributed by atoms with Gasteiger partial charge in [-0.3, -0.25) is 14.9 Å². The summed E-state index contributed by atoms with van der Waals surface area (Å²) in [7, 11) is 0. The summed E-state index contributed by atoms with van der Waals surface area (Å²) < 4.78 is 20.4. The van der Waals surface area contributed by atoms with E-state index in [1.165, 1.54) is 4.68 Å². The third-order valence-corrected chi connectivity index (χ3v) is 3.74. The monoisotopic (exact) mass is 400 g/mol. The largest absolute Gasteiger partial charge is 0.481 e. The van der Waals surface area contributed by atoms with Gasteiger partial charge in [-0.1, -0.05) is 0 Å². The van der Waals surface area contributed by atoms with Gasteiger partial charge in [-0.25, -0.2) is 14.4 Å². The third-order valence-electron chi connectivity index (χ3n) is 3.74. The van der Waals surface area contributed by atoms with Crippen LogP contribution in [0, 0.1) is 36.7 Å². The summed E-state index contributed by atoms with van der Waals surface area (Å²) in [6, 6.07) is 6.35. The Morgan fingerprint density at radius 2 is 1.86 bits per heavy atom. The number of nitrogens with zero attached hydrogens (tertiary/aromatic N) is 5. The maximum absolute atomic E-state index is 13.9. The molecule has 29 heavy (non-hydrogen) atoms. The molecular formula is C18H17FN6O4. The first kappa shape index (κ1) is 19.9. The van der Waals surface area contributed by atoms with Gasteiger partial charge in [0.1, 0.15) is 5.82 Å². The van der Waals surface area contributed by atoms with Gasteiger partial charge >= 0.3 is 0 Å². The quantitative estimate of drug-likeness (QED) is 0.498. The minimum atomic E-state index is -0.934. The van der Waals surface area contributed by atoms with Crippen LogP contribution in [0.1, 0.15) is 17.1 Å². The van der Waals surface area contributed by atoms with E-state index in [1.807, 2.05) is 19.9 Å². The lowest BCUT2D eigenvalue weighted by Gasteiger charge is -2.10. The first-order chi connectivity index (χ1) is 13.7. The number of rotatable bonds is 6. The number of halogens is 1. The molecule has 0 aliphatic rings. The number of amides is 1. The zero-order valence-electron chi connectivity index (χ0n) is 15.8. The number of aromatic nitrogens is 4. The Morgan fingerprint density at radius 3 is 2.48 bits per heavy atom. The third kappa shape index (κ3) is 4.69. The zero-order valence-corrected chi connectivity index (χ0v) is 15.8. The minimum Gasteiger partial charge on any atom is -0.481 e. The van der Waals surface area contributed by atoms with Crippen LogP contribution < -0.4 is 10.1 Å². The molecule has 0 saturated heterocycles. The Morgan fingerprint density at radius 1 is 1.17 bits per heavy atom. The Labute approximate surface area is 164 Å². The van der Waals surface area contributed by atoms with Gasteiger partial charge in [-0.05, 0) is 32.9 Å². The van der Waals surface area contributed by atoms with Gasteiger partial charge < -0.3 is 10.1 Å². The van der Waals surface area contributed by atoms with Crippen molar-refractivity contribution in [3.63, 3.8) is 0 Å². The van der Waals surface area contributed by atoms with Crippen LogP contribution in [0.2, 0.25) is 0 Å². The van der Waals surface area contributed by atoms with Crippen molar-refractivity contribution in [3.8, 4) is 11.7 Å². The second-order valence-corrected chi connectivity index (χ2v) is 6.24. The molecule has 3 rings (SSSR count). The molecule has 1 N–H and O–H groups in total. The van der Waals surface area contributed by atoms with E-state index in [9.17, 15) is 19.3 Å². The van der Waals surface area contributed by atoms with Gasteiger partial charge in [0.25, 0.3) is 17.5 Å². The predicted molar refractivity (Wildman–Crippen MR) is 101 cm³/mol. The highest BCUT2D eigenvalue weighted by atomic mass is 19.1. The van der Waals surface area contributed by atoms with Crippen LogP contribution in [-0.4, -0.2) is 37.2 Å². The second kappa shape index (κ2) is 8.00. The van der Waals surface area contributed by atoms with Gasteiger partial charge in [-0.2, -0.15) is 9.78 Å². The van der Waals surface area contributed by atoms with Crippen LogP contribution in [0.15, 0.2) is 30.3 Å². The number of carbonyl (C=O) groups excluding carboxylic acids is 1. The van der Waals surface area contributed by atoms with Crippen LogP contribution in [0.25, 0.3) is 5.95 Å². The molecule has 0 fully saturated rings. The molecule has 0 saturated carbocycles. The number of benzene rings is 1. The molecule has 3 aromatic rings. The van der Waals surface area contributed by atoms with Gasteiger partial charge in [0, 0.05) is 23.5 Å². The number of anilines is 1. The normalized spacial score (nSPS) is 10.6. The second-order valence-electron chi connectivity index (χ2n) is 6.24. The summed E-state index contributed by atoms with van der Waals surface area (Å²) in [5, 5.41) is 17.5. The number of nitro groups is 1. The van der Waals surface area contributed by atoms with Crippen molar-refractivity contribution in [2.24, 2.45) is 0 Å². The lowest BCUT2D eigenvalue weighted by atomic mass is 10.3. The summed E-state index contributed by atoms with van der Waals surface area (Å²) in [4.78, 5) is 30.8. The average Bonchev–Trinajstić information content (AvgIpc) is 3.00. The number of hydrogen-bond acceptors (Lipinski definition) is 7. The van der Waals surface area contributed by atoms with E-state index in [4.69, 9.17) is 4.74 Å².